The summed E-state index contributed by atoms with van der Waals surface area (Å²) in [6.07, 6.45) is 6.43. The predicted octanol–water partition coefficient (Wildman–Crippen LogP) is 3.32. The first-order valence-corrected chi connectivity index (χ1v) is 8.27. The van der Waals surface area contributed by atoms with Crippen molar-refractivity contribution in [1.29, 1.82) is 0 Å². The van der Waals surface area contributed by atoms with Gasteiger partial charge in [-0.1, -0.05) is 6.92 Å². The summed E-state index contributed by atoms with van der Waals surface area (Å²) in [5.41, 5.74) is 7.02. The van der Waals surface area contributed by atoms with Gasteiger partial charge in [-0.3, -0.25) is 5.10 Å². The van der Waals surface area contributed by atoms with Gasteiger partial charge in [-0.15, -0.1) is 11.8 Å². The van der Waals surface area contributed by atoms with E-state index >= 15 is 0 Å². The number of hydrogen-bond acceptors (Lipinski definition) is 4. The van der Waals surface area contributed by atoms with Crippen molar-refractivity contribution in [2.24, 2.45) is 5.73 Å². The molecule has 0 atom stereocenters. The summed E-state index contributed by atoms with van der Waals surface area (Å²) in [7, 11) is 0. The number of rotatable bonds is 4. The van der Waals surface area contributed by atoms with Crippen LogP contribution >= 0.6 is 11.8 Å². The minimum atomic E-state index is 0.301. The van der Waals surface area contributed by atoms with Crippen molar-refractivity contribution in [1.82, 2.24) is 10.2 Å². The fraction of sp³-hybridized carbons (Fsp3) is 0.533. The molecule has 1 aliphatic rings. The molecule has 0 amide bonds. The molecule has 1 saturated carbocycles. The fourth-order valence-electron chi connectivity index (χ4n) is 2.74. The molecule has 108 valence electrons. The van der Waals surface area contributed by atoms with E-state index in [1.807, 2.05) is 24.0 Å². The van der Waals surface area contributed by atoms with Gasteiger partial charge in [-0.05, 0) is 43.6 Å². The maximum absolute atomic E-state index is 6.25. The van der Waals surface area contributed by atoms with Crippen molar-refractivity contribution < 1.29 is 4.74 Å². The second-order valence-corrected chi connectivity index (χ2v) is 6.59. The van der Waals surface area contributed by atoms with Gasteiger partial charge in [0.1, 0.15) is 5.75 Å². The number of nitrogens with two attached hydrogens (primary N) is 1. The standard InChI is InChI=1S/C15H21N3OS/c1-2-20-15-12-9-17-18-13(12)7-8-14(15)19-11-5-3-10(16)4-6-11/h7-11H,2-6,16H2,1H3,(H,17,18)/t10-,11+. The van der Waals surface area contributed by atoms with Gasteiger partial charge in [0.2, 0.25) is 0 Å². The molecule has 5 heteroatoms. The minimum Gasteiger partial charge on any atom is -0.489 e. The van der Waals surface area contributed by atoms with Crippen molar-refractivity contribution in [3.8, 4) is 5.75 Å². The van der Waals surface area contributed by atoms with Gasteiger partial charge in [0.15, 0.2) is 0 Å². The number of hydrogen-bond donors (Lipinski definition) is 2. The van der Waals surface area contributed by atoms with Gasteiger partial charge >= 0.3 is 0 Å². The second-order valence-electron chi connectivity index (χ2n) is 5.31. The van der Waals surface area contributed by atoms with Crippen LogP contribution in [0, 0.1) is 0 Å². The first kappa shape index (κ1) is 13.8. The third-order valence-corrected chi connectivity index (χ3v) is 4.84. The van der Waals surface area contributed by atoms with E-state index in [9.17, 15) is 0 Å². The summed E-state index contributed by atoms with van der Waals surface area (Å²) in [6.45, 7) is 2.16. The Morgan fingerprint density at radius 1 is 1.35 bits per heavy atom. The Hall–Kier alpha value is -1.20. The summed E-state index contributed by atoms with van der Waals surface area (Å²) < 4.78 is 6.25. The highest BCUT2D eigenvalue weighted by Crippen LogP contribution is 2.37. The number of H-pyrrole nitrogens is 1. The molecule has 1 fully saturated rings. The van der Waals surface area contributed by atoms with Crippen LogP contribution in [0.25, 0.3) is 10.9 Å². The maximum atomic E-state index is 6.25. The topological polar surface area (TPSA) is 63.9 Å². The van der Waals surface area contributed by atoms with E-state index < -0.39 is 0 Å². The van der Waals surface area contributed by atoms with Gasteiger partial charge in [0.25, 0.3) is 0 Å². The molecule has 1 aromatic heterocycles. The van der Waals surface area contributed by atoms with E-state index in [2.05, 4.69) is 23.2 Å². The highest BCUT2D eigenvalue weighted by Gasteiger charge is 2.21. The Bertz CT molecular complexity index is 576. The lowest BCUT2D eigenvalue weighted by atomic mass is 9.94. The Labute approximate surface area is 123 Å². The third-order valence-electron chi connectivity index (χ3n) is 3.84. The molecule has 3 N–H and O–H groups in total. The fourth-order valence-corrected chi connectivity index (χ4v) is 3.61. The van der Waals surface area contributed by atoms with Gasteiger partial charge in [-0.25, -0.2) is 0 Å². The molecule has 1 aromatic carbocycles. The summed E-state index contributed by atoms with van der Waals surface area (Å²) in [6, 6.07) is 4.47. The van der Waals surface area contributed by atoms with Crippen LogP contribution in [0.15, 0.2) is 23.2 Å². The van der Waals surface area contributed by atoms with Gasteiger partial charge in [0, 0.05) is 11.4 Å². The number of nitrogens with zero attached hydrogens (tertiary/aromatic N) is 1. The molecule has 20 heavy (non-hydrogen) atoms. The number of benzene rings is 1. The summed E-state index contributed by atoms with van der Waals surface area (Å²) in [5.74, 6) is 2.02. The Balaban J connectivity index is 1.84. The maximum Gasteiger partial charge on any atom is 0.134 e. The Morgan fingerprint density at radius 3 is 2.90 bits per heavy atom. The van der Waals surface area contributed by atoms with Gasteiger partial charge < -0.3 is 10.5 Å². The van der Waals surface area contributed by atoms with Crippen molar-refractivity contribution in [2.75, 3.05) is 5.75 Å². The Kier molecular flexibility index (Phi) is 4.17. The molecule has 0 aliphatic heterocycles. The molecular formula is C15H21N3OS. The normalized spacial score (nSPS) is 23.1. The Morgan fingerprint density at radius 2 is 2.15 bits per heavy atom. The number of nitrogens with one attached hydrogen (secondary N) is 1. The molecule has 3 rings (SSSR count). The summed E-state index contributed by atoms with van der Waals surface area (Å²) in [5, 5.41) is 8.31. The summed E-state index contributed by atoms with van der Waals surface area (Å²) >= 11 is 1.82. The van der Waals surface area contributed by atoms with Crippen LogP contribution in [0.1, 0.15) is 32.6 Å². The molecule has 0 spiro atoms. The third kappa shape index (κ3) is 2.79. The SMILES string of the molecule is CCSc1c(O[C@H]2CC[C@@H](N)CC2)ccc2[nH]ncc12. The van der Waals surface area contributed by atoms with Crippen LogP contribution in [0.3, 0.4) is 0 Å². The predicted molar refractivity (Wildman–Crippen MR) is 83.4 cm³/mol. The van der Waals surface area contributed by atoms with E-state index in [4.69, 9.17) is 10.5 Å². The number of thioether (sulfide) groups is 1. The first-order chi connectivity index (χ1) is 9.78. The number of fused-ring (bicyclic) bond motifs is 1. The van der Waals surface area contributed by atoms with E-state index in [1.54, 1.807) is 0 Å². The highest BCUT2D eigenvalue weighted by atomic mass is 32.2. The minimum absolute atomic E-state index is 0.301. The van der Waals surface area contributed by atoms with E-state index in [1.165, 1.54) is 4.90 Å². The van der Waals surface area contributed by atoms with Crippen molar-refractivity contribution in [3.05, 3.63) is 18.3 Å². The molecule has 0 unspecified atom stereocenters. The molecule has 0 radical (unpaired) electrons. The molecular weight excluding hydrogens is 270 g/mol. The van der Waals surface area contributed by atoms with Crippen molar-refractivity contribution >= 4 is 22.7 Å². The molecule has 2 aromatic rings. The molecule has 0 bridgehead atoms. The average Bonchev–Trinajstić information content (AvgIpc) is 2.92. The summed E-state index contributed by atoms with van der Waals surface area (Å²) in [4.78, 5) is 1.20. The lowest BCUT2D eigenvalue weighted by molar-refractivity contribution is 0.144. The van der Waals surface area contributed by atoms with Crippen LogP contribution < -0.4 is 10.5 Å². The van der Waals surface area contributed by atoms with E-state index in [-0.39, 0.29) is 0 Å². The van der Waals surface area contributed by atoms with E-state index in [0.717, 1.165) is 48.1 Å². The average molecular weight is 291 g/mol. The number of aromatic nitrogens is 2. The van der Waals surface area contributed by atoms with Crippen LogP contribution in [-0.2, 0) is 0 Å². The van der Waals surface area contributed by atoms with Crippen LogP contribution in [0.2, 0.25) is 0 Å². The number of aromatic amines is 1. The monoisotopic (exact) mass is 291 g/mol. The van der Waals surface area contributed by atoms with Crippen molar-refractivity contribution in [2.45, 2.75) is 49.6 Å². The second kappa shape index (κ2) is 6.06. The van der Waals surface area contributed by atoms with Crippen molar-refractivity contribution in [3.63, 3.8) is 0 Å². The van der Waals surface area contributed by atoms with E-state index in [0.29, 0.717) is 12.1 Å². The molecule has 0 saturated heterocycles. The van der Waals surface area contributed by atoms with Gasteiger partial charge in [-0.2, -0.15) is 5.10 Å². The quantitative estimate of drug-likeness (QED) is 0.848. The largest absolute Gasteiger partial charge is 0.489 e. The lowest BCUT2D eigenvalue weighted by Crippen LogP contribution is -2.31. The lowest BCUT2D eigenvalue weighted by Gasteiger charge is -2.27. The molecule has 1 heterocycles. The zero-order chi connectivity index (χ0) is 13.9. The highest BCUT2D eigenvalue weighted by molar-refractivity contribution is 7.99. The first-order valence-electron chi connectivity index (χ1n) is 7.29. The van der Waals surface area contributed by atoms with Crippen LogP contribution in [0.5, 0.6) is 5.75 Å². The number of ether oxygens (including phenoxy) is 1. The van der Waals surface area contributed by atoms with Gasteiger partial charge in [0.05, 0.1) is 22.7 Å². The van der Waals surface area contributed by atoms with Crippen LogP contribution in [0.4, 0.5) is 0 Å². The zero-order valence-corrected chi connectivity index (χ0v) is 12.6. The smallest absolute Gasteiger partial charge is 0.134 e. The van der Waals surface area contributed by atoms with Crippen LogP contribution in [-0.4, -0.2) is 28.1 Å². The molecule has 4 nitrogen and oxygen atoms in total. The zero-order valence-electron chi connectivity index (χ0n) is 11.8. The molecule has 1 aliphatic carbocycles.